The molecule has 212 valence electrons. The Labute approximate surface area is 242 Å². The number of fused-ring (bicyclic) bond motifs is 1. The van der Waals surface area contributed by atoms with E-state index in [9.17, 15) is 0 Å². The third-order valence-electron chi connectivity index (χ3n) is 6.49. The monoisotopic (exact) mass is 537 g/mol. The fourth-order valence-corrected chi connectivity index (χ4v) is 4.03. The lowest BCUT2D eigenvalue weighted by atomic mass is 9.92. The molecule has 40 heavy (non-hydrogen) atoms. The second-order valence-corrected chi connectivity index (χ2v) is 9.79. The number of benzene rings is 3. The summed E-state index contributed by atoms with van der Waals surface area (Å²) in [4.78, 5) is 0. The van der Waals surface area contributed by atoms with Gasteiger partial charge < -0.3 is 22.1 Å². The molecule has 3 aromatic carbocycles. The van der Waals surface area contributed by atoms with Gasteiger partial charge in [-0.2, -0.15) is 5.26 Å². The van der Waals surface area contributed by atoms with Crippen LogP contribution in [0, 0.1) is 18.3 Å². The van der Waals surface area contributed by atoms with E-state index in [2.05, 4.69) is 111 Å². The predicted octanol–water partition coefficient (Wildman–Crippen LogP) is 7.12. The third-order valence-corrected chi connectivity index (χ3v) is 6.49. The Morgan fingerprint density at radius 3 is 2.30 bits per heavy atom. The number of rotatable bonds is 7. The largest absolute Gasteiger partial charge is 0.399 e. The molecule has 1 aliphatic carbocycles. The van der Waals surface area contributed by atoms with Gasteiger partial charge in [0.2, 0.25) is 0 Å². The summed E-state index contributed by atoms with van der Waals surface area (Å²) >= 11 is 0. The predicted molar refractivity (Wildman–Crippen MR) is 174 cm³/mol. The van der Waals surface area contributed by atoms with Crippen molar-refractivity contribution in [1.29, 1.82) is 5.26 Å². The van der Waals surface area contributed by atoms with Crippen LogP contribution < -0.4 is 22.1 Å². The Morgan fingerprint density at radius 1 is 1.12 bits per heavy atom. The highest BCUT2D eigenvalue weighted by atomic mass is 15.1. The van der Waals surface area contributed by atoms with Crippen LogP contribution in [0.4, 0.5) is 0 Å². The standard InChI is InChI=1S/C20H28N4.C12H12.C2H3N.CH4/c1-14-5-7-16(8-6-14)15(2)18(22)13-19(23-4)24-20(3)11-9-17(21)10-12-20;1-2-10-7-8-11-5-3-4-6-12(11)9-10;1-2-3;/h5-11,13,18,23-24H,2,12,21-22H2,1,3-4H3;3-9H,2H2,1H3;1H3;1H4/b19-13-;;;. The van der Waals surface area contributed by atoms with Crippen molar-refractivity contribution in [3.8, 4) is 6.07 Å². The maximum absolute atomic E-state index is 7.32. The molecule has 5 heteroatoms. The zero-order valence-electron chi connectivity index (χ0n) is 24.0. The van der Waals surface area contributed by atoms with E-state index in [1.165, 1.54) is 28.8 Å². The minimum atomic E-state index is -0.278. The lowest BCUT2D eigenvalue weighted by Gasteiger charge is -2.31. The Hall–Kier alpha value is -4.27. The van der Waals surface area contributed by atoms with E-state index < -0.39 is 0 Å². The zero-order chi connectivity index (χ0) is 28.8. The highest BCUT2D eigenvalue weighted by molar-refractivity contribution is 5.83. The fraction of sp³-hybridized carbons (Fsp3) is 0.286. The molecule has 5 nitrogen and oxygen atoms in total. The van der Waals surface area contributed by atoms with E-state index in [1.54, 1.807) is 6.07 Å². The Morgan fingerprint density at radius 2 is 1.75 bits per heavy atom. The van der Waals surface area contributed by atoms with Crippen LogP contribution in [0.25, 0.3) is 16.3 Å². The van der Waals surface area contributed by atoms with Crippen molar-refractivity contribution in [2.75, 3.05) is 7.05 Å². The molecule has 0 aliphatic heterocycles. The van der Waals surface area contributed by atoms with Crippen molar-refractivity contribution < 1.29 is 0 Å². The van der Waals surface area contributed by atoms with Crippen LogP contribution in [-0.4, -0.2) is 18.6 Å². The molecule has 2 atom stereocenters. The summed E-state index contributed by atoms with van der Waals surface area (Å²) in [5, 5.41) is 16.7. The number of nitrogens with two attached hydrogens (primary N) is 2. The normalized spacial score (nSPS) is 16.4. The van der Waals surface area contributed by atoms with Gasteiger partial charge in [-0.15, -0.1) is 0 Å². The molecule has 6 N–H and O–H groups in total. The molecule has 0 saturated heterocycles. The molecule has 0 fully saturated rings. The van der Waals surface area contributed by atoms with Gasteiger partial charge in [-0.25, -0.2) is 0 Å². The van der Waals surface area contributed by atoms with Crippen molar-refractivity contribution in [2.45, 2.75) is 59.5 Å². The van der Waals surface area contributed by atoms with Gasteiger partial charge in [0, 0.05) is 19.7 Å². The van der Waals surface area contributed by atoms with E-state index >= 15 is 0 Å². The second kappa shape index (κ2) is 16.6. The molecular weight excluding hydrogens is 490 g/mol. The number of nitrogens with zero attached hydrogens (tertiary/aromatic N) is 1. The lowest BCUT2D eigenvalue weighted by molar-refractivity contribution is 0.466. The van der Waals surface area contributed by atoms with Gasteiger partial charge in [0.25, 0.3) is 0 Å². The van der Waals surface area contributed by atoms with Crippen LogP contribution in [0.5, 0.6) is 0 Å². The summed E-state index contributed by atoms with van der Waals surface area (Å²) in [5.74, 6) is 0.872. The highest BCUT2D eigenvalue weighted by Gasteiger charge is 2.23. The molecule has 3 aromatic rings. The third kappa shape index (κ3) is 10.5. The number of aryl methyl sites for hydroxylation is 2. The molecule has 1 aliphatic rings. The number of hydrogen-bond acceptors (Lipinski definition) is 5. The first-order valence-electron chi connectivity index (χ1n) is 13.3. The Bertz CT molecular complexity index is 1360. The number of allylic oxidation sites excluding steroid dienone is 1. The average molecular weight is 538 g/mol. The first kappa shape index (κ1) is 33.8. The summed E-state index contributed by atoms with van der Waals surface area (Å²) in [6.45, 7) is 12.0. The summed E-state index contributed by atoms with van der Waals surface area (Å²) < 4.78 is 0. The minimum absolute atomic E-state index is 0. The van der Waals surface area contributed by atoms with Crippen LogP contribution in [0.2, 0.25) is 0 Å². The van der Waals surface area contributed by atoms with Crippen LogP contribution in [-0.2, 0) is 6.42 Å². The Balaban J connectivity index is 0.000000416. The van der Waals surface area contributed by atoms with Gasteiger partial charge in [-0.05, 0) is 66.3 Å². The van der Waals surface area contributed by atoms with Crippen molar-refractivity contribution in [3.63, 3.8) is 0 Å². The van der Waals surface area contributed by atoms with Gasteiger partial charge >= 0.3 is 0 Å². The van der Waals surface area contributed by atoms with Gasteiger partial charge in [0.1, 0.15) is 0 Å². The summed E-state index contributed by atoms with van der Waals surface area (Å²) in [6.07, 6.45) is 9.92. The molecular formula is C35H47N5. The lowest BCUT2D eigenvalue weighted by Crippen LogP contribution is -2.44. The highest BCUT2D eigenvalue weighted by Crippen LogP contribution is 2.21. The molecule has 2 unspecified atom stereocenters. The molecule has 0 saturated carbocycles. The molecule has 4 rings (SSSR count). The van der Waals surface area contributed by atoms with E-state index in [1.807, 2.05) is 25.3 Å². The van der Waals surface area contributed by atoms with E-state index in [-0.39, 0.29) is 19.0 Å². The number of nitrogens with one attached hydrogen (secondary N) is 2. The zero-order valence-corrected chi connectivity index (χ0v) is 24.0. The van der Waals surface area contributed by atoms with Gasteiger partial charge in [0.15, 0.2) is 0 Å². The van der Waals surface area contributed by atoms with Crippen LogP contribution in [0.15, 0.2) is 109 Å². The van der Waals surface area contributed by atoms with Crippen molar-refractivity contribution in [1.82, 2.24) is 10.6 Å². The van der Waals surface area contributed by atoms with Crippen LogP contribution in [0.1, 0.15) is 51.3 Å². The van der Waals surface area contributed by atoms with E-state index in [0.717, 1.165) is 35.5 Å². The van der Waals surface area contributed by atoms with Crippen LogP contribution in [0.3, 0.4) is 0 Å². The minimum Gasteiger partial charge on any atom is -0.399 e. The fourth-order valence-electron chi connectivity index (χ4n) is 4.03. The second-order valence-electron chi connectivity index (χ2n) is 9.79. The number of nitriles is 1. The molecule has 0 heterocycles. The molecule has 0 aromatic heterocycles. The van der Waals surface area contributed by atoms with Gasteiger partial charge in [-0.3, -0.25) is 0 Å². The van der Waals surface area contributed by atoms with Crippen molar-refractivity contribution in [2.24, 2.45) is 11.5 Å². The van der Waals surface area contributed by atoms with Crippen LogP contribution >= 0.6 is 0 Å². The van der Waals surface area contributed by atoms with Gasteiger partial charge in [0.05, 0.1) is 23.5 Å². The average Bonchev–Trinajstić information content (AvgIpc) is 2.95. The number of hydrogen-bond donors (Lipinski definition) is 4. The maximum atomic E-state index is 7.32. The van der Waals surface area contributed by atoms with Crippen molar-refractivity contribution >= 4 is 16.3 Å². The molecule has 0 spiro atoms. The first-order valence-corrected chi connectivity index (χ1v) is 13.3. The van der Waals surface area contributed by atoms with Crippen molar-refractivity contribution in [3.05, 3.63) is 126 Å². The smallest absolute Gasteiger partial charge is 0.0968 e. The van der Waals surface area contributed by atoms with Gasteiger partial charge in [-0.1, -0.05) is 105 Å². The summed E-state index contributed by atoms with van der Waals surface area (Å²) in [6, 6.07) is 24.8. The molecule has 0 amide bonds. The summed E-state index contributed by atoms with van der Waals surface area (Å²) in [7, 11) is 1.88. The SMILES string of the molecule is C.C=C(c1ccc(C)cc1)C(N)/C=C(/NC)NC1(C)C=CC(N)=CC1.CC#N.CCc1ccc2ccccc2c1. The van der Waals surface area contributed by atoms with E-state index in [4.69, 9.17) is 16.7 Å². The first-order chi connectivity index (χ1) is 18.6. The summed E-state index contributed by atoms with van der Waals surface area (Å²) in [5.41, 5.74) is 17.3. The van der Waals surface area contributed by atoms with E-state index in [0.29, 0.717) is 0 Å². The molecule has 0 bridgehead atoms. The molecule has 0 radical (unpaired) electrons. The maximum Gasteiger partial charge on any atom is 0.0968 e. The quantitative estimate of drug-likeness (QED) is 0.257. The Kier molecular flexibility index (Phi) is 14.0. The topological polar surface area (TPSA) is 99.9 Å².